The average molecular weight is 348 g/mol. The van der Waals surface area contributed by atoms with E-state index in [1.54, 1.807) is 0 Å². The van der Waals surface area contributed by atoms with Gasteiger partial charge in [0, 0.05) is 17.3 Å². The lowest BCUT2D eigenvalue weighted by atomic mass is 9.97. The molecule has 0 unspecified atom stereocenters. The third-order valence-corrected chi connectivity index (χ3v) is 4.04. The third-order valence-electron chi connectivity index (χ3n) is 3.81. The minimum atomic E-state index is -0.571. The molecule has 1 heterocycles. The Morgan fingerprint density at radius 2 is 2.04 bits per heavy atom. The lowest BCUT2D eigenvalue weighted by Gasteiger charge is -2.11. The fraction of sp³-hybridized carbons (Fsp3) is 0.176. The van der Waals surface area contributed by atoms with E-state index in [9.17, 15) is 14.0 Å². The summed E-state index contributed by atoms with van der Waals surface area (Å²) in [5, 5.41) is 8.15. The molecule has 0 aliphatic carbocycles. The molecule has 1 aliphatic heterocycles. The van der Waals surface area contributed by atoms with Gasteiger partial charge in [-0.05, 0) is 36.2 Å². The van der Waals surface area contributed by atoms with Crippen molar-refractivity contribution < 1.29 is 14.0 Å². The molecule has 3 rings (SSSR count). The predicted octanol–water partition coefficient (Wildman–Crippen LogP) is 3.73. The molecule has 0 radical (unpaired) electrons. The van der Waals surface area contributed by atoms with Crippen molar-refractivity contribution in [3.05, 3.63) is 58.9 Å². The Bertz CT molecular complexity index is 797. The van der Waals surface area contributed by atoms with Crippen LogP contribution in [0.5, 0.6) is 0 Å². The maximum absolute atomic E-state index is 13.6. The third kappa shape index (κ3) is 3.49. The lowest BCUT2D eigenvalue weighted by Crippen LogP contribution is -2.31. The van der Waals surface area contributed by atoms with Gasteiger partial charge in [0.15, 0.2) is 0 Å². The van der Waals surface area contributed by atoms with Gasteiger partial charge in [-0.25, -0.2) is 9.18 Å². The van der Waals surface area contributed by atoms with Crippen LogP contribution in [0, 0.1) is 5.82 Å². The average Bonchev–Trinajstić information content (AvgIpc) is 2.87. The van der Waals surface area contributed by atoms with E-state index in [1.807, 2.05) is 24.3 Å². The molecule has 0 saturated heterocycles. The van der Waals surface area contributed by atoms with E-state index in [4.69, 9.17) is 11.6 Å². The van der Waals surface area contributed by atoms with E-state index in [2.05, 4.69) is 16.0 Å². The van der Waals surface area contributed by atoms with Gasteiger partial charge in [0.2, 0.25) is 5.91 Å². The van der Waals surface area contributed by atoms with Crippen molar-refractivity contribution >= 4 is 34.9 Å². The van der Waals surface area contributed by atoms with Gasteiger partial charge in [-0.3, -0.25) is 4.79 Å². The summed E-state index contributed by atoms with van der Waals surface area (Å²) in [5.74, 6) is -0.956. The molecule has 3 amide bonds. The van der Waals surface area contributed by atoms with E-state index in [-0.39, 0.29) is 24.1 Å². The number of carbonyl (C=O) groups is 2. The summed E-state index contributed by atoms with van der Waals surface area (Å²) in [6, 6.07) is 10.8. The minimum absolute atomic E-state index is 0.00366. The van der Waals surface area contributed by atoms with Crippen LogP contribution < -0.4 is 16.0 Å². The largest absolute Gasteiger partial charge is 0.338 e. The Labute approximate surface area is 143 Å². The van der Waals surface area contributed by atoms with Crippen LogP contribution in [0.4, 0.5) is 20.6 Å². The second-order valence-corrected chi connectivity index (χ2v) is 5.86. The molecule has 2 aromatic rings. The fourth-order valence-electron chi connectivity index (χ4n) is 2.65. The Balaban J connectivity index is 1.54. The maximum Gasteiger partial charge on any atom is 0.319 e. The second kappa shape index (κ2) is 6.88. The number of hydrogen-bond acceptors (Lipinski definition) is 2. The minimum Gasteiger partial charge on any atom is -0.338 e. The molecular weight excluding hydrogens is 333 g/mol. The fourth-order valence-corrected chi connectivity index (χ4v) is 2.82. The summed E-state index contributed by atoms with van der Waals surface area (Å²) in [6.07, 6.45) is 0.453. The first-order valence-electron chi connectivity index (χ1n) is 7.44. The quantitative estimate of drug-likeness (QED) is 0.788. The molecule has 124 valence electrons. The summed E-state index contributed by atoms with van der Waals surface area (Å²) in [7, 11) is 0. The van der Waals surface area contributed by atoms with E-state index < -0.39 is 11.8 Å². The summed E-state index contributed by atoms with van der Waals surface area (Å²) in [4.78, 5) is 23.8. The van der Waals surface area contributed by atoms with E-state index in [1.165, 1.54) is 18.2 Å². The Morgan fingerprint density at radius 3 is 2.88 bits per heavy atom. The van der Waals surface area contributed by atoms with Crippen LogP contribution in [0.1, 0.15) is 17.9 Å². The van der Waals surface area contributed by atoms with Gasteiger partial charge in [-0.1, -0.05) is 29.8 Å². The molecule has 24 heavy (non-hydrogen) atoms. The zero-order valence-corrected chi connectivity index (χ0v) is 13.4. The zero-order chi connectivity index (χ0) is 17.1. The highest BCUT2D eigenvalue weighted by atomic mass is 35.5. The molecule has 2 aromatic carbocycles. The number of benzene rings is 2. The van der Waals surface area contributed by atoms with Gasteiger partial charge < -0.3 is 16.0 Å². The second-order valence-electron chi connectivity index (χ2n) is 5.42. The number of urea groups is 1. The Morgan fingerprint density at radius 1 is 1.25 bits per heavy atom. The highest BCUT2D eigenvalue weighted by Crippen LogP contribution is 2.33. The lowest BCUT2D eigenvalue weighted by molar-refractivity contribution is -0.117. The number of carbonyl (C=O) groups excluding carboxylic acids is 2. The number of rotatable bonds is 4. The van der Waals surface area contributed by atoms with Crippen molar-refractivity contribution in [3.8, 4) is 0 Å². The van der Waals surface area contributed by atoms with Crippen molar-refractivity contribution in [2.75, 3.05) is 17.2 Å². The molecule has 0 saturated carbocycles. The highest BCUT2D eigenvalue weighted by molar-refractivity contribution is 6.30. The number of anilines is 2. The van der Waals surface area contributed by atoms with Gasteiger partial charge >= 0.3 is 6.03 Å². The van der Waals surface area contributed by atoms with Crippen LogP contribution in [0.2, 0.25) is 5.02 Å². The molecule has 7 heteroatoms. The van der Waals surface area contributed by atoms with Crippen molar-refractivity contribution in [3.63, 3.8) is 0 Å². The van der Waals surface area contributed by atoms with Gasteiger partial charge in [0.25, 0.3) is 0 Å². The SMILES string of the molecule is O=C(NCC[C@H]1C(=O)Nc2ccccc21)Nc1cc(Cl)ccc1F. The van der Waals surface area contributed by atoms with Gasteiger partial charge in [-0.15, -0.1) is 0 Å². The number of hydrogen-bond donors (Lipinski definition) is 3. The van der Waals surface area contributed by atoms with Gasteiger partial charge in [0.05, 0.1) is 11.6 Å². The van der Waals surface area contributed by atoms with Crippen molar-refractivity contribution in [2.24, 2.45) is 0 Å². The van der Waals surface area contributed by atoms with Crippen LogP contribution in [0.25, 0.3) is 0 Å². The number of halogens is 2. The van der Waals surface area contributed by atoms with E-state index in [0.717, 1.165) is 11.3 Å². The first-order valence-corrected chi connectivity index (χ1v) is 7.82. The molecule has 5 nitrogen and oxygen atoms in total. The van der Waals surface area contributed by atoms with Crippen molar-refractivity contribution in [1.29, 1.82) is 0 Å². The molecule has 1 aliphatic rings. The topological polar surface area (TPSA) is 70.2 Å². The molecule has 1 atom stereocenters. The first kappa shape index (κ1) is 16.3. The summed E-state index contributed by atoms with van der Waals surface area (Å²) >= 11 is 5.77. The molecule has 0 spiro atoms. The number of fused-ring (bicyclic) bond motifs is 1. The van der Waals surface area contributed by atoms with E-state index >= 15 is 0 Å². The zero-order valence-electron chi connectivity index (χ0n) is 12.6. The summed E-state index contributed by atoms with van der Waals surface area (Å²) < 4.78 is 13.6. The molecule has 3 N–H and O–H groups in total. The van der Waals surface area contributed by atoms with Gasteiger partial charge in [0.1, 0.15) is 5.82 Å². The van der Waals surface area contributed by atoms with Gasteiger partial charge in [-0.2, -0.15) is 0 Å². The van der Waals surface area contributed by atoms with Crippen LogP contribution in [0.3, 0.4) is 0 Å². The highest BCUT2D eigenvalue weighted by Gasteiger charge is 2.29. The van der Waals surface area contributed by atoms with E-state index in [0.29, 0.717) is 11.4 Å². The molecule has 0 bridgehead atoms. The summed E-state index contributed by atoms with van der Waals surface area (Å²) in [5.41, 5.74) is 1.73. The van der Waals surface area contributed by atoms with Crippen LogP contribution in [0.15, 0.2) is 42.5 Å². The molecular formula is C17H15ClFN3O2. The van der Waals surface area contributed by atoms with Crippen LogP contribution in [-0.4, -0.2) is 18.5 Å². The summed E-state index contributed by atoms with van der Waals surface area (Å²) in [6.45, 7) is 0.278. The maximum atomic E-state index is 13.6. The molecule has 0 fully saturated rings. The van der Waals surface area contributed by atoms with Crippen molar-refractivity contribution in [1.82, 2.24) is 5.32 Å². The van der Waals surface area contributed by atoms with Crippen LogP contribution >= 0.6 is 11.6 Å². The standard InChI is InChI=1S/C17H15ClFN3O2/c18-10-5-6-13(19)15(9-10)22-17(24)20-8-7-12-11-3-1-2-4-14(11)21-16(12)23/h1-6,9,12H,7-8H2,(H,21,23)(H2,20,22,24)/t12-/m1/s1. The van der Waals surface area contributed by atoms with Crippen LogP contribution in [-0.2, 0) is 4.79 Å². The Hall–Kier alpha value is -2.60. The number of nitrogens with one attached hydrogen (secondary N) is 3. The molecule has 0 aromatic heterocycles. The smallest absolute Gasteiger partial charge is 0.319 e. The Kier molecular flexibility index (Phi) is 4.66. The number of para-hydroxylation sites is 1. The number of amides is 3. The first-order chi connectivity index (χ1) is 11.5. The predicted molar refractivity (Wildman–Crippen MR) is 90.9 cm³/mol. The normalized spacial score (nSPS) is 15.6. The monoisotopic (exact) mass is 347 g/mol. The van der Waals surface area contributed by atoms with Crippen molar-refractivity contribution in [2.45, 2.75) is 12.3 Å².